The number of rotatable bonds is 1. The van der Waals surface area contributed by atoms with E-state index in [0.29, 0.717) is 0 Å². The average Bonchev–Trinajstić information content (AvgIpc) is 1.99. The van der Waals surface area contributed by atoms with Crippen molar-refractivity contribution in [2.75, 3.05) is 5.73 Å². The highest BCUT2D eigenvalue weighted by molar-refractivity contribution is 5.61. The van der Waals surface area contributed by atoms with Crippen LogP contribution in [0.5, 0.6) is 0 Å². The second kappa shape index (κ2) is 3.24. The van der Waals surface area contributed by atoms with Gasteiger partial charge < -0.3 is 5.73 Å². The van der Waals surface area contributed by atoms with Crippen molar-refractivity contribution >= 4 is 11.8 Å². The number of benzene rings is 1. The van der Waals surface area contributed by atoms with Crippen LogP contribution >= 0.6 is 0 Å². The van der Waals surface area contributed by atoms with Crippen LogP contribution < -0.4 is 5.73 Å². The van der Waals surface area contributed by atoms with E-state index in [2.05, 4.69) is 12.1 Å². The van der Waals surface area contributed by atoms with Gasteiger partial charge in [0.2, 0.25) is 0 Å². The molecule has 0 fully saturated rings. The molecule has 1 aromatic carbocycles. The van der Waals surface area contributed by atoms with Gasteiger partial charge in [0, 0.05) is 5.69 Å². The third-order valence-electron chi connectivity index (χ3n) is 1.76. The smallest absolute Gasteiger partial charge is 0.0349 e. The van der Waals surface area contributed by atoms with Gasteiger partial charge in [-0.05, 0) is 31.0 Å². The maximum atomic E-state index is 5.72. The molecule has 1 rings (SSSR count). The molecule has 1 aromatic rings. The van der Waals surface area contributed by atoms with Gasteiger partial charge in [-0.3, -0.25) is 0 Å². The van der Waals surface area contributed by atoms with Crippen molar-refractivity contribution in [2.24, 2.45) is 0 Å². The number of allylic oxidation sites excluding steroid dienone is 1. The van der Waals surface area contributed by atoms with Crippen molar-refractivity contribution in [1.29, 1.82) is 0 Å². The zero-order chi connectivity index (χ0) is 8.27. The molecule has 0 aliphatic rings. The van der Waals surface area contributed by atoms with Gasteiger partial charge in [-0.1, -0.05) is 24.3 Å². The van der Waals surface area contributed by atoms with Crippen molar-refractivity contribution in [1.82, 2.24) is 0 Å². The highest BCUT2D eigenvalue weighted by Crippen LogP contribution is 2.16. The maximum Gasteiger partial charge on any atom is 0.0349 e. The Morgan fingerprint density at radius 3 is 2.73 bits per heavy atom. The Morgan fingerprint density at radius 2 is 2.09 bits per heavy atom. The quantitative estimate of drug-likeness (QED) is 0.607. The van der Waals surface area contributed by atoms with Gasteiger partial charge in [-0.15, -0.1) is 0 Å². The van der Waals surface area contributed by atoms with E-state index in [-0.39, 0.29) is 0 Å². The lowest BCUT2D eigenvalue weighted by atomic mass is 10.1. The molecule has 0 saturated carbocycles. The topological polar surface area (TPSA) is 26.0 Å². The first-order valence-corrected chi connectivity index (χ1v) is 3.73. The highest BCUT2D eigenvalue weighted by Gasteiger charge is 1.95. The number of anilines is 1. The summed E-state index contributed by atoms with van der Waals surface area (Å²) in [6, 6.07) is 5.95. The first kappa shape index (κ1) is 7.86. The SMILES string of the molecule is C/C=C\c1cccc(N)c1C. The number of nitrogen functional groups attached to an aromatic ring is 1. The zero-order valence-corrected chi connectivity index (χ0v) is 6.96. The van der Waals surface area contributed by atoms with Gasteiger partial charge in [0.25, 0.3) is 0 Å². The standard InChI is InChI=1S/C10H13N/c1-3-5-9-6-4-7-10(11)8(9)2/h3-7H,11H2,1-2H3/b5-3-. The summed E-state index contributed by atoms with van der Waals surface area (Å²) in [7, 11) is 0. The molecular formula is C10H13N. The fraction of sp³-hybridized carbons (Fsp3) is 0.200. The summed E-state index contributed by atoms with van der Waals surface area (Å²) in [5, 5.41) is 0. The van der Waals surface area contributed by atoms with Crippen LogP contribution in [0, 0.1) is 6.92 Å². The van der Waals surface area contributed by atoms with E-state index in [4.69, 9.17) is 5.73 Å². The molecule has 0 spiro atoms. The second-order valence-electron chi connectivity index (χ2n) is 2.56. The molecule has 0 saturated heterocycles. The Hall–Kier alpha value is -1.24. The number of nitrogens with two attached hydrogens (primary N) is 1. The molecule has 58 valence electrons. The molecule has 2 N–H and O–H groups in total. The summed E-state index contributed by atoms with van der Waals surface area (Å²) in [6.07, 6.45) is 4.08. The van der Waals surface area contributed by atoms with E-state index >= 15 is 0 Å². The normalized spacial score (nSPS) is 10.7. The Morgan fingerprint density at radius 1 is 1.36 bits per heavy atom. The number of hydrogen-bond acceptors (Lipinski definition) is 1. The van der Waals surface area contributed by atoms with E-state index in [1.54, 1.807) is 0 Å². The molecule has 0 aliphatic heterocycles. The first-order chi connectivity index (χ1) is 5.25. The molecule has 1 heteroatoms. The minimum absolute atomic E-state index is 0.862. The summed E-state index contributed by atoms with van der Waals surface area (Å²) in [6.45, 7) is 4.04. The molecular weight excluding hydrogens is 134 g/mol. The van der Waals surface area contributed by atoms with Gasteiger partial charge in [0.1, 0.15) is 0 Å². The molecule has 0 unspecified atom stereocenters. The molecule has 0 amide bonds. The highest BCUT2D eigenvalue weighted by atomic mass is 14.5. The summed E-state index contributed by atoms with van der Waals surface area (Å²) in [5.41, 5.74) is 8.94. The molecule has 1 nitrogen and oxygen atoms in total. The fourth-order valence-electron chi connectivity index (χ4n) is 1.03. The minimum atomic E-state index is 0.862. The van der Waals surface area contributed by atoms with E-state index in [0.717, 1.165) is 11.3 Å². The van der Waals surface area contributed by atoms with E-state index in [9.17, 15) is 0 Å². The molecule has 11 heavy (non-hydrogen) atoms. The second-order valence-corrected chi connectivity index (χ2v) is 2.56. The van der Waals surface area contributed by atoms with Crippen LogP contribution in [-0.4, -0.2) is 0 Å². The third kappa shape index (κ3) is 1.61. The van der Waals surface area contributed by atoms with Gasteiger partial charge in [0.05, 0.1) is 0 Å². The van der Waals surface area contributed by atoms with Gasteiger partial charge in [-0.2, -0.15) is 0 Å². The lowest BCUT2D eigenvalue weighted by Gasteiger charge is -2.02. The zero-order valence-electron chi connectivity index (χ0n) is 6.96. The summed E-state index contributed by atoms with van der Waals surface area (Å²) < 4.78 is 0. The Balaban J connectivity index is 3.16. The molecule has 0 aromatic heterocycles. The van der Waals surface area contributed by atoms with Crippen LogP contribution in [0.2, 0.25) is 0 Å². The van der Waals surface area contributed by atoms with E-state index in [1.807, 2.05) is 32.1 Å². The first-order valence-electron chi connectivity index (χ1n) is 3.73. The van der Waals surface area contributed by atoms with Gasteiger partial charge in [0.15, 0.2) is 0 Å². The van der Waals surface area contributed by atoms with Gasteiger partial charge >= 0.3 is 0 Å². The predicted molar refractivity (Wildman–Crippen MR) is 50.3 cm³/mol. The van der Waals surface area contributed by atoms with E-state index in [1.165, 1.54) is 5.56 Å². The summed E-state index contributed by atoms with van der Waals surface area (Å²) in [5.74, 6) is 0. The van der Waals surface area contributed by atoms with Crippen molar-refractivity contribution < 1.29 is 0 Å². The lowest BCUT2D eigenvalue weighted by molar-refractivity contribution is 1.44. The van der Waals surface area contributed by atoms with Crippen molar-refractivity contribution in [2.45, 2.75) is 13.8 Å². The van der Waals surface area contributed by atoms with Crippen LogP contribution in [0.4, 0.5) is 5.69 Å². The Kier molecular flexibility index (Phi) is 2.32. The van der Waals surface area contributed by atoms with Crippen LogP contribution in [-0.2, 0) is 0 Å². The van der Waals surface area contributed by atoms with Crippen molar-refractivity contribution in [3.63, 3.8) is 0 Å². The van der Waals surface area contributed by atoms with Crippen LogP contribution in [0.25, 0.3) is 6.08 Å². The average molecular weight is 147 g/mol. The third-order valence-corrected chi connectivity index (χ3v) is 1.76. The monoisotopic (exact) mass is 147 g/mol. The van der Waals surface area contributed by atoms with Crippen molar-refractivity contribution in [3.05, 3.63) is 35.4 Å². The van der Waals surface area contributed by atoms with Crippen LogP contribution in [0.3, 0.4) is 0 Å². The summed E-state index contributed by atoms with van der Waals surface area (Å²) in [4.78, 5) is 0. The Bertz CT molecular complexity index is 274. The largest absolute Gasteiger partial charge is 0.398 e. The van der Waals surface area contributed by atoms with Crippen molar-refractivity contribution in [3.8, 4) is 0 Å². The molecule has 0 atom stereocenters. The fourth-order valence-corrected chi connectivity index (χ4v) is 1.03. The van der Waals surface area contributed by atoms with Gasteiger partial charge in [-0.25, -0.2) is 0 Å². The molecule has 0 heterocycles. The van der Waals surface area contributed by atoms with Crippen LogP contribution in [0.1, 0.15) is 18.1 Å². The molecule has 0 bridgehead atoms. The van der Waals surface area contributed by atoms with E-state index < -0.39 is 0 Å². The predicted octanol–water partition coefficient (Wildman–Crippen LogP) is 2.61. The minimum Gasteiger partial charge on any atom is -0.398 e. The molecule has 0 radical (unpaired) electrons. The summed E-state index contributed by atoms with van der Waals surface area (Å²) >= 11 is 0. The maximum absolute atomic E-state index is 5.72. The van der Waals surface area contributed by atoms with Crippen LogP contribution in [0.15, 0.2) is 24.3 Å². The molecule has 0 aliphatic carbocycles. The number of hydrogen-bond donors (Lipinski definition) is 1. The lowest BCUT2D eigenvalue weighted by Crippen LogP contribution is -1.90. The Labute approximate surface area is 67.5 Å².